The normalized spacial score (nSPS) is 15.1. The van der Waals surface area contributed by atoms with Crippen LogP contribution in [0.4, 0.5) is 4.39 Å². The van der Waals surface area contributed by atoms with Gasteiger partial charge in [-0.15, -0.1) is 0 Å². The Kier molecular flexibility index (Phi) is 3.78. The zero-order valence-electron chi connectivity index (χ0n) is 9.63. The van der Waals surface area contributed by atoms with Gasteiger partial charge < -0.3 is 10.1 Å². The lowest BCUT2D eigenvalue weighted by atomic mass is 10.2. The zero-order valence-corrected chi connectivity index (χ0v) is 9.63. The summed E-state index contributed by atoms with van der Waals surface area (Å²) < 4.78 is 19.0. The SMILES string of the molecule is CCCOc1c(F)cccc1CNC1CC1. The van der Waals surface area contributed by atoms with Crippen LogP contribution in [-0.2, 0) is 6.54 Å². The van der Waals surface area contributed by atoms with E-state index in [1.165, 1.54) is 18.9 Å². The molecule has 1 aromatic carbocycles. The Morgan fingerprint density at radius 2 is 2.25 bits per heavy atom. The molecular weight excluding hydrogens is 205 g/mol. The lowest BCUT2D eigenvalue weighted by Crippen LogP contribution is -2.16. The number of rotatable bonds is 6. The third-order valence-electron chi connectivity index (χ3n) is 2.66. The van der Waals surface area contributed by atoms with Gasteiger partial charge in [-0.25, -0.2) is 4.39 Å². The largest absolute Gasteiger partial charge is 0.490 e. The molecule has 0 radical (unpaired) electrons. The first-order valence-corrected chi connectivity index (χ1v) is 5.95. The maximum Gasteiger partial charge on any atom is 0.165 e. The van der Waals surface area contributed by atoms with E-state index in [1.54, 1.807) is 6.07 Å². The summed E-state index contributed by atoms with van der Waals surface area (Å²) in [4.78, 5) is 0. The van der Waals surface area contributed by atoms with Gasteiger partial charge in [0.15, 0.2) is 11.6 Å². The van der Waals surface area contributed by atoms with E-state index in [-0.39, 0.29) is 5.82 Å². The Bertz CT molecular complexity index is 350. The molecule has 3 heteroatoms. The summed E-state index contributed by atoms with van der Waals surface area (Å²) in [6.45, 7) is 3.28. The molecule has 2 nitrogen and oxygen atoms in total. The molecule has 2 rings (SSSR count). The van der Waals surface area contributed by atoms with Crippen molar-refractivity contribution in [2.45, 2.75) is 38.8 Å². The molecule has 1 aliphatic rings. The Balaban J connectivity index is 2.04. The van der Waals surface area contributed by atoms with Gasteiger partial charge in [0.05, 0.1) is 6.61 Å². The molecule has 1 N–H and O–H groups in total. The molecule has 0 heterocycles. The van der Waals surface area contributed by atoms with Gasteiger partial charge in [0.2, 0.25) is 0 Å². The van der Waals surface area contributed by atoms with Crippen LogP contribution < -0.4 is 10.1 Å². The van der Waals surface area contributed by atoms with Crippen molar-refractivity contribution in [2.75, 3.05) is 6.61 Å². The fraction of sp³-hybridized carbons (Fsp3) is 0.538. The average molecular weight is 223 g/mol. The van der Waals surface area contributed by atoms with Crippen molar-refractivity contribution in [1.29, 1.82) is 0 Å². The van der Waals surface area contributed by atoms with E-state index in [0.29, 0.717) is 24.9 Å². The summed E-state index contributed by atoms with van der Waals surface area (Å²) in [5, 5.41) is 3.37. The van der Waals surface area contributed by atoms with Gasteiger partial charge in [-0.3, -0.25) is 0 Å². The molecule has 16 heavy (non-hydrogen) atoms. The number of hydrogen-bond donors (Lipinski definition) is 1. The van der Waals surface area contributed by atoms with E-state index in [1.807, 2.05) is 13.0 Å². The van der Waals surface area contributed by atoms with E-state index < -0.39 is 0 Å². The van der Waals surface area contributed by atoms with Crippen LogP contribution in [-0.4, -0.2) is 12.6 Å². The molecule has 1 fully saturated rings. The highest BCUT2D eigenvalue weighted by Crippen LogP contribution is 2.25. The van der Waals surface area contributed by atoms with Gasteiger partial charge in [-0.05, 0) is 25.3 Å². The molecule has 1 saturated carbocycles. The van der Waals surface area contributed by atoms with Gasteiger partial charge in [0, 0.05) is 18.2 Å². The standard InChI is InChI=1S/C13H18FNO/c1-2-8-16-13-10(4-3-5-12(13)14)9-15-11-6-7-11/h3-5,11,15H,2,6-9H2,1H3. The molecule has 88 valence electrons. The Morgan fingerprint density at radius 1 is 1.44 bits per heavy atom. The van der Waals surface area contributed by atoms with E-state index >= 15 is 0 Å². The minimum absolute atomic E-state index is 0.261. The highest BCUT2D eigenvalue weighted by Gasteiger charge is 2.21. The summed E-state index contributed by atoms with van der Waals surface area (Å²) in [6.07, 6.45) is 3.37. The summed E-state index contributed by atoms with van der Waals surface area (Å²) in [5.41, 5.74) is 0.917. The molecule has 0 atom stereocenters. The maximum absolute atomic E-state index is 13.6. The van der Waals surface area contributed by atoms with E-state index in [0.717, 1.165) is 12.0 Å². The van der Waals surface area contributed by atoms with Crippen LogP contribution in [0.1, 0.15) is 31.7 Å². The molecule has 1 aliphatic carbocycles. The highest BCUT2D eigenvalue weighted by atomic mass is 19.1. The molecule has 0 amide bonds. The predicted octanol–water partition coefficient (Wildman–Crippen LogP) is 2.87. The first kappa shape index (κ1) is 11.4. The third-order valence-corrected chi connectivity index (χ3v) is 2.66. The second-order valence-electron chi connectivity index (χ2n) is 4.23. The molecule has 0 unspecified atom stereocenters. The van der Waals surface area contributed by atoms with Crippen LogP contribution in [0.5, 0.6) is 5.75 Å². The second kappa shape index (κ2) is 5.30. The molecule has 1 aromatic rings. The van der Waals surface area contributed by atoms with Crippen LogP contribution in [0.3, 0.4) is 0 Å². The van der Waals surface area contributed by atoms with Crippen molar-refractivity contribution in [2.24, 2.45) is 0 Å². The van der Waals surface area contributed by atoms with Gasteiger partial charge in [-0.2, -0.15) is 0 Å². The van der Waals surface area contributed by atoms with Crippen molar-refractivity contribution in [1.82, 2.24) is 5.32 Å². The zero-order chi connectivity index (χ0) is 11.4. The first-order chi connectivity index (χ1) is 7.81. The van der Waals surface area contributed by atoms with Crippen LogP contribution in [0.15, 0.2) is 18.2 Å². The Morgan fingerprint density at radius 3 is 2.94 bits per heavy atom. The summed E-state index contributed by atoms with van der Waals surface area (Å²) in [6, 6.07) is 5.73. The number of para-hydroxylation sites is 1. The van der Waals surface area contributed by atoms with Crippen LogP contribution in [0.2, 0.25) is 0 Å². The number of ether oxygens (including phenoxy) is 1. The van der Waals surface area contributed by atoms with Crippen molar-refractivity contribution < 1.29 is 9.13 Å². The van der Waals surface area contributed by atoms with E-state index in [2.05, 4.69) is 5.32 Å². The Hall–Kier alpha value is -1.09. The van der Waals surface area contributed by atoms with Crippen LogP contribution >= 0.6 is 0 Å². The van der Waals surface area contributed by atoms with Gasteiger partial charge in [0.25, 0.3) is 0 Å². The molecule has 0 saturated heterocycles. The minimum atomic E-state index is -0.261. The fourth-order valence-corrected chi connectivity index (χ4v) is 1.60. The molecule has 0 aliphatic heterocycles. The second-order valence-corrected chi connectivity index (χ2v) is 4.23. The van der Waals surface area contributed by atoms with Gasteiger partial charge in [0.1, 0.15) is 0 Å². The maximum atomic E-state index is 13.6. The van der Waals surface area contributed by atoms with Crippen molar-refractivity contribution >= 4 is 0 Å². The first-order valence-electron chi connectivity index (χ1n) is 5.95. The van der Waals surface area contributed by atoms with Crippen molar-refractivity contribution in [3.8, 4) is 5.75 Å². The molecule has 0 aromatic heterocycles. The topological polar surface area (TPSA) is 21.3 Å². The average Bonchev–Trinajstić information content (AvgIpc) is 3.09. The van der Waals surface area contributed by atoms with E-state index in [4.69, 9.17) is 4.74 Å². The predicted molar refractivity (Wildman–Crippen MR) is 62.0 cm³/mol. The highest BCUT2D eigenvalue weighted by molar-refractivity contribution is 5.35. The fourth-order valence-electron chi connectivity index (χ4n) is 1.60. The minimum Gasteiger partial charge on any atom is -0.490 e. The lowest BCUT2D eigenvalue weighted by molar-refractivity contribution is 0.297. The summed E-state index contributed by atoms with van der Waals surface area (Å²) in [7, 11) is 0. The van der Waals surface area contributed by atoms with Crippen molar-refractivity contribution in [3.05, 3.63) is 29.6 Å². The molecule has 0 spiro atoms. The summed E-state index contributed by atoms with van der Waals surface area (Å²) >= 11 is 0. The summed E-state index contributed by atoms with van der Waals surface area (Å²) in [5.74, 6) is 0.154. The number of halogens is 1. The van der Waals surface area contributed by atoms with Crippen LogP contribution in [0.25, 0.3) is 0 Å². The smallest absolute Gasteiger partial charge is 0.165 e. The number of hydrogen-bond acceptors (Lipinski definition) is 2. The number of benzene rings is 1. The van der Waals surface area contributed by atoms with E-state index in [9.17, 15) is 4.39 Å². The third kappa shape index (κ3) is 2.95. The van der Waals surface area contributed by atoms with Crippen LogP contribution in [0, 0.1) is 5.82 Å². The van der Waals surface area contributed by atoms with Gasteiger partial charge >= 0.3 is 0 Å². The Labute approximate surface area is 95.8 Å². The molecular formula is C13H18FNO. The number of nitrogens with one attached hydrogen (secondary N) is 1. The lowest BCUT2D eigenvalue weighted by Gasteiger charge is -2.12. The van der Waals surface area contributed by atoms with Gasteiger partial charge in [-0.1, -0.05) is 19.1 Å². The molecule has 0 bridgehead atoms. The van der Waals surface area contributed by atoms with Crippen molar-refractivity contribution in [3.63, 3.8) is 0 Å². The monoisotopic (exact) mass is 223 g/mol. The quantitative estimate of drug-likeness (QED) is 0.800.